The SMILES string of the molecule is CCOC(=O)CN1CC[C@@H](NC(=O)OC(C)(C)C)[C@@H](O)C1. The summed E-state index contributed by atoms with van der Waals surface area (Å²) in [6.45, 7) is 8.53. The van der Waals surface area contributed by atoms with Crippen LogP contribution in [0.5, 0.6) is 0 Å². The lowest BCUT2D eigenvalue weighted by Crippen LogP contribution is -2.55. The Morgan fingerprint density at radius 1 is 1.38 bits per heavy atom. The molecule has 1 aliphatic rings. The van der Waals surface area contributed by atoms with Gasteiger partial charge in [-0.3, -0.25) is 9.69 Å². The largest absolute Gasteiger partial charge is 0.465 e. The van der Waals surface area contributed by atoms with Gasteiger partial charge >= 0.3 is 12.1 Å². The Morgan fingerprint density at radius 2 is 2.05 bits per heavy atom. The molecule has 2 atom stereocenters. The highest BCUT2D eigenvalue weighted by atomic mass is 16.6. The Labute approximate surface area is 125 Å². The van der Waals surface area contributed by atoms with Gasteiger partial charge in [-0.05, 0) is 34.1 Å². The van der Waals surface area contributed by atoms with E-state index in [1.54, 1.807) is 27.7 Å². The second kappa shape index (κ2) is 7.61. The quantitative estimate of drug-likeness (QED) is 0.736. The number of alkyl carbamates (subject to hydrolysis) is 1. The molecule has 1 aliphatic heterocycles. The lowest BCUT2D eigenvalue weighted by Gasteiger charge is -2.35. The molecule has 122 valence electrons. The molecule has 7 heteroatoms. The van der Waals surface area contributed by atoms with Crippen LogP contribution in [0, 0.1) is 0 Å². The van der Waals surface area contributed by atoms with Gasteiger partial charge in [0.25, 0.3) is 0 Å². The van der Waals surface area contributed by atoms with Crippen LogP contribution in [-0.4, -0.2) is 66.1 Å². The minimum absolute atomic E-state index is 0.157. The van der Waals surface area contributed by atoms with Crippen molar-refractivity contribution in [3.05, 3.63) is 0 Å². The van der Waals surface area contributed by atoms with E-state index >= 15 is 0 Å². The van der Waals surface area contributed by atoms with E-state index in [1.165, 1.54) is 0 Å². The number of nitrogens with one attached hydrogen (secondary N) is 1. The molecule has 1 rings (SSSR count). The van der Waals surface area contributed by atoms with Crippen molar-refractivity contribution in [2.45, 2.75) is 51.9 Å². The van der Waals surface area contributed by atoms with Gasteiger partial charge in [-0.2, -0.15) is 0 Å². The van der Waals surface area contributed by atoms with Gasteiger partial charge in [0.1, 0.15) is 5.60 Å². The van der Waals surface area contributed by atoms with Crippen LogP contribution in [0.15, 0.2) is 0 Å². The van der Waals surface area contributed by atoms with Gasteiger partial charge in [0.15, 0.2) is 0 Å². The second-order valence-corrected chi connectivity index (χ2v) is 6.15. The van der Waals surface area contributed by atoms with E-state index in [4.69, 9.17) is 9.47 Å². The lowest BCUT2D eigenvalue weighted by molar-refractivity contribution is -0.145. The molecule has 0 aromatic rings. The van der Waals surface area contributed by atoms with Crippen molar-refractivity contribution in [2.75, 3.05) is 26.2 Å². The highest BCUT2D eigenvalue weighted by Crippen LogP contribution is 2.13. The van der Waals surface area contributed by atoms with Crippen LogP contribution < -0.4 is 5.32 Å². The molecule has 2 N–H and O–H groups in total. The number of aliphatic hydroxyl groups excluding tert-OH is 1. The van der Waals surface area contributed by atoms with Crippen molar-refractivity contribution in [3.63, 3.8) is 0 Å². The van der Waals surface area contributed by atoms with Gasteiger partial charge in [-0.15, -0.1) is 0 Å². The zero-order valence-electron chi connectivity index (χ0n) is 13.2. The van der Waals surface area contributed by atoms with E-state index in [1.807, 2.05) is 4.90 Å². The Balaban J connectivity index is 2.39. The maximum atomic E-state index is 11.7. The molecule has 1 fully saturated rings. The molecule has 0 radical (unpaired) electrons. The highest BCUT2D eigenvalue weighted by Gasteiger charge is 2.31. The molecular formula is C14H26N2O5. The van der Waals surface area contributed by atoms with Crippen molar-refractivity contribution in [1.82, 2.24) is 10.2 Å². The van der Waals surface area contributed by atoms with Crippen LogP contribution in [0.25, 0.3) is 0 Å². The van der Waals surface area contributed by atoms with Crippen LogP contribution in [0.4, 0.5) is 4.79 Å². The number of hydrogen-bond donors (Lipinski definition) is 2. The molecule has 0 aliphatic carbocycles. The number of carbonyl (C=O) groups excluding carboxylic acids is 2. The first-order valence-electron chi connectivity index (χ1n) is 7.27. The average molecular weight is 302 g/mol. The van der Waals surface area contributed by atoms with Gasteiger partial charge in [0.05, 0.1) is 25.3 Å². The summed E-state index contributed by atoms with van der Waals surface area (Å²) in [6.07, 6.45) is -0.717. The minimum atomic E-state index is -0.735. The Hall–Kier alpha value is -1.34. The molecule has 1 amide bonds. The summed E-state index contributed by atoms with van der Waals surface area (Å²) >= 11 is 0. The molecule has 0 saturated carbocycles. The van der Waals surface area contributed by atoms with Crippen molar-refractivity contribution < 1.29 is 24.2 Å². The summed E-state index contributed by atoms with van der Waals surface area (Å²) in [4.78, 5) is 24.9. The number of carbonyl (C=O) groups is 2. The van der Waals surface area contributed by atoms with Gasteiger partial charge in [-0.25, -0.2) is 4.79 Å². The molecule has 0 bridgehead atoms. The fourth-order valence-corrected chi connectivity index (χ4v) is 2.16. The molecule has 21 heavy (non-hydrogen) atoms. The Bertz CT molecular complexity index is 367. The maximum absolute atomic E-state index is 11.7. The molecule has 0 aromatic carbocycles. The third-order valence-electron chi connectivity index (χ3n) is 3.03. The number of nitrogens with zero attached hydrogens (tertiary/aromatic N) is 1. The van der Waals surface area contributed by atoms with Gasteiger partial charge in [0.2, 0.25) is 0 Å². The number of likely N-dealkylation sites (tertiary alicyclic amines) is 1. The minimum Gasteiger partial charge on any atom is -0.465 e. The van der Waals surface area contributed by atoms with E-state index in [2.05, 4.69) is 5.32 Å². The van der Waals surface area contributed by atoms with Gasteiger partial charge in [-0.1, -0.05) is 0 Å². The zero-order valence-corrected chi connectivity index (χ0v) is 13.2. The number of ether oxygens (including phenoxy) is 2. The number of esters is 1. The van der Waals surface area contributed by atoms with Gasteiger partial charge < -0.3 is 19.9 Å². The van der Waals surface area contributed by atoms with Gasteiger partial charge in [0, 0.05) is 13.1 Å². The van der Waals surface area contributed by atoms with E-state index < -0.39 is 17.8 Å². The molecule has 1 heterocycles. The van der Waals surface area contributed by atoms with E-state index in [0.717, 1.165) is 0 Å². The molecule has 0 aromatic heterocycles. The third kappa shape index (κ3) is 6.77. The highest BCUT2D eigenvalue weighted by molar-refractivity contribution is 5.71. The summed E-state index contributed by atoms with van der Waals surface area (Å²) < 4.78 is 10.0. The monoisotopic (exact) mass is 302 g/mol. The van der Waals surface area contributed by atoms with Crippen LogP contribution in [-0.2, 0) is 14.3 Å². The Kier molecular flexibility index (Phi) is 6.42. The van der Waals surface area contributed by atoms with Crippen LogP contribution in [0.3, 0.4) is 0 Å². The van der Waals surface area contributed by atoms with Crippen molar-refractivity contribution in [3.8, 4) is 0 Å². The second-order valence-electron chi connectivity index (χ2n) is 6.15. The molecule has 0 unspecified atom stereocenters. The van der Waals surface area contributed by atoms with E-state index in [0.29, 0.717) is 26.1 Å². The topological polar surface area (TPSA) is 88.1 Å². The summed E-state index contributed by atoms with van der Waals surface area (Å²) in [6, 6.07) is -0.363. The smallest absolute Gasteiger partial charge is 0.407 e. The first kappa shape index (κ1) is 17.7. The molecule has 0 spiro atoms. The summed E-state index contributed by atoms with van der Waals surface area (Å²) in [5.41, 5.74) is -0.570. The van der Waals surface area contributed by atoms with Crippen molar-refractivity contribution in [1.29, 1.82) is 0 Å². The fraction of sp³-hybridized carbons (Fsp3) is 0.857. The standard InChI is InChI=1S/C14H26N2O5/c1-5-20-12(18)9-16-7-6-10(11(17)8-16)15-13(19)21-14(2,3)4/h10-11,17H,5-9H2,1-4H3,(H,15,19)/t10-,11+/m1/s1. The van der Waals surface area contributed by atoms with E-state index in [9.17, 15) is 14.7 Å². The lowest BCUT2D eigenvalue weighted by atomic mass is 10.0. The summed E-state index contributed by atoms with van der Waals surface area (Å²) in [5.74, 6) is -0.303. The van der Waals surface area contributed by atoms with Crippen LogP contribution in [0.2, 0.25) is 0 Å². The zero-order chi connectivity index (χ0) is 16.0. The first-order chi connectivity index (χ1) is 9.71. The number of hydrogen-bond acceptors (Lipinski definition) is 6. The molecule has 1 saturated heterocycles. The number of aliphatic hydroxyl groups is 1. The summed E-state index contributed by atoms with van der Waals surface area (Å²) in [5, 5.41) is 12.7. The fourth-order valence-electron chi connectivity index (χ4n) is 2.16. The van der Waals surface area contributed by atoms with Crippen LogP contribution >= 0.6 is 0 Å². The number of piperidine rings is 1. The van der Waals surface area contributed by atoms with Crippen molar-refractivity contribution >= 4 is 12.1 Å². The first-order valence-corrected chi connectivity index (χ1v) is 7.27. The predicted molar refractivity (Wildman–Crippen MR) is 76.9 cm³/mol. The number of β-amino-alcohol motifs (C(OH)–C–C–N with tert-alkyl or cyclic N) is 1. The van der Waals surface area contributed by atoms with Crippen LogP contribution in [0.1, 0.15) is 34.1 Å². The predicted octanol–water partition coefficient (Wildman–Crippen LogP) is 0.509. The molecular weight excluding hydrogens is 276 g/mol. The summed E-state index contributed by atoms with van der Waals surface area (Å²) in [7, 11) is 0. The normalized spacial score (nSPS) is 23.5. The maximum Gasteiger partial charge on any atom is 0.407 e. The average Bonchev–Trinajstić information content (AvgIpc) is 2.30. The third-order valence-corrected chi connectivity index (χ3v) is 3.03. The number of rotatable bonds is 4. The molecule has 7 nitrogen and oxygen atoms in total. The van der Waals surface area contributed by atoms with E-state index in [-0.39, 0.29) is 18.6 Å². The Morgan fingerprint density at radius 3 is 2.57 bits per heavy atom. The number of amides is 1. The van der Waals surface area contributed by atoms with Crippen molar-refractivity contribution in [2.24, 2.45) is 0 Å².